The van der Waals surface area contributed by atoms with E-state index in [-0.39, 0.29) is 0 Å². The fourth-order valence-electron chi connectivity index (χ4n) is 1.17. The summed E-state index contributed by atoms with van der Waals surface area (Å²) < 4.78 is 5.06. The molecule has 0 heterocycles. The van der Waals surface area contributed by atoms with Crippen LogP contribution in [0.25, 0.3) is 0 Å². The molecule has 0 aromatic heterocycles. The van der Waals surface area contributed by atoms with Crippen molar-refractivity contribution in [3.8, 4) is 18.1 Å². The molecule has 1 atom stereocenters. The number of terminal acetylenes is 1. The van der Waals surface area contributed by atoms with Crippen molar-refractivity contribution in [2.24, 2.45) is 5.92 Å². The molecule has 13 heavy (non-hydrogen) atoms. The Morgan fingerprint density at radius 2 is 2.00 bits per heavy atom. The molecule has 1 rings (SSSR count). The van der Waals surface area contributed by atoms with Gasteiger partial charge in [0.05, 0.1) is 7.11 Å². The zero-order valence-electron chi connectivity index (χ0n) is 8.08. The van der Waals surface area contributed by atoms with E-state index in [1.165, 1.54) is 5.56 Å². The van der Waals surface area contributed by atoms with Gasteiger partial charge in [0.2, 0.25) is 0 Å². The fraction of sp³-hybridized carbons (Fsp3) is 0.333. The fourth-order valence-corrected chi connectivity index (χ4v) is 1.17. The predicted octanol–water partition coefficient (Wildman–Crippen LogP) is 2.51. The molecule has 0 aliphatic rings. The quantitative estimate of drug-likeness (QED) is 0.640. The highest BCUT2D eigenvalue weighted by Crippen LogP contribution is 2.13. The Labute approximate surface area is 79.7 Å². The summed E-state index contributed by atoms with van der Waals surface area (Å²) in [5.74, 6) is 3.90. The molecule has 0 spiro atoms. The summed E-state index contributed by atoms with van der Waals surface area (Å²) in [5.41, 5.74) is 1.26. The Kier molecular flexibility index (Phi) is 3.40. The number of methoxy groups -OCH3 is 1. The Bertz CT molecular complexity index is 292. The minimum atomic E-state index is 0.299. The normalized spacial score (nSPS) is 11.8. The van der Waals surface area contributed by atoms with Crippen molar-refractivity contribution >= 4 is 0 Å². The second-order valence-corrected chi connectivity index (χ2v) is 3.12. The van der Waals surface area contributed by atoms with Crippen molar-refractivity contribution in [1.82, 2.24) is 0 Å². The zero-order chi connectivity index (χ0) is 9.68. The van der Waals surface area contributed by atoms with Gasteiger partial charge in [0.25, 0.3) is 0 Å². The molecule has 1 aromatic carbocycles. The largest absolute Gasteiger partial charge is 0.497 e. The number of ether oxygens (including phenoxy) is 1. The van der Waals surface area contributed by atoms with Gasteiger partial charge in [-0.05, 0) is 24.1 Å². The van der Waals surface area contributed by atoms with Crippen molar-refractivity contribution in [3.63, 3.8) is 0 Å². The van der Waals surface area contributed by atoms with Crippen LogP contribution in [0.15, 0.2) is 24.3 Å². The lowest BCUT2D eigenvalue weighted by Crippen LogP contribution is -1.95. The molecule has 0 N–H and O–H groups in total. The standard InChI is InChI=1S/C12H14O/c1-4-10(2)9-11-5-7-12(13-3)8-6-11/h1,5-8,10H,9H2,2-3H3/t10-/m1/s1. The topological polar surface area (TPSA) is 9.23 Å². The Morgan fingerprint density at radius 3 is 2.46 bits per heavy atom. The van der Waals surface area contributed by atoms with E-state index in [4.69, 9.17) is 11.2 Å². The molecule has 0 saturated heterocycles. The molecular formula is C12H14O. The van der Waals surface area contributed by atoms with Crippen LogP contribution in [0.5, 0.6) is 5.75 Å². The highest BCUT2D eigenvalue weighted by atomic mass is 16.5. The highest BCUT2D eigenvalue weighted by molar-refractivity contribution is 5.27. The van der Waals surface area contributed by atoms with Gasteiger partial charge in [0, 0.05) is 5.92 Å². The summed E-state index contributed by atoms with van der Waals surface area (Å²) >= 11 is 0. The average molecular weight is 174 g/mol. The molecule has 0 aliphatic heterocycles. The molecule has 1 heteroatoms. The van der Waals surface area contributed by atoms with Gasteiger partial charge in [0.1, 0.15) is 5.75 Å². The second-order valence-electron chi connectivity index (χ2n) is 3.12. The number of hydrogen-bond acceptors (Lipinski definition) is 1. The van der Waals surface area contributed by atoms with E-state index in [1.54, 1.807) is 7.11 Å². The predicted molar refractivity (Wildman–Crippen MR) is 54.7 cm³/mol. The van der Waals surface area contributed by atoms with Crippen molar-refractivity contribution < 1.29 is 4.74 Å². The van der Waals surface area contributed by atoms with Gasteiger partial charge in [0.15, 0.2) is 0 Å². The summed E-state index contributed by atoms with van der Waals surface area (Å²) in [6.45, 7) is 2.05. The van der Waals surface area contributed by atoms with Gasteiger partial charge in [-0.15, -0.1) is 12.3 Å². The minimum Gasteiger partial charge on any atom is -0.497 e. The Morgan fingerprint density at radius 1 is 1.38 bits per heavy atom. The van der Waals surface area contributed by atoms with Gasteiger partial charge in [-0.25, -0.2) is 0 Å². The molecule has 1 nitrogen and oxygen atoms in total. The molecule has 1 aromatic rings. The van der Waals surface area contributed by atoms with Crippen molar-refractivity contribution in [1.29, 1.82) is 0 Å². The lowest BCUT2D eigenvalue weighted by atomic mass is 10.0. The zero-order valence-corrected chi connectivity index (χ0v) is 8.08. The molecule has 0 saturated carbocycles. The Hall–Kier alpha value is -1.42. The van der Waals surface area contributed by atoms with E-state index in [1.807, 2.05) is 31.2 Å². The molecule has 0 radical (unpaired) electrons. The lowest BCUT2D eigenvalue weighted by molar-refractivity contribution is 0.414. The van der Waals surface area contributed by atoms with Crippen molar-refractivity contribution in [3.05, 3.63) is 29.8 Å². The summed E-state index contributed by atoms with van der Waals surface area (Å²) in [5, 5.41) is 0. The van der Waals surface area contributed by atoms with Crippen molar-refractivity contribution in [2.45, 2.75) is 13.3 Å². The highest BCUT2D eigenvalue weighted by Gasteiger charge is 1.99. The van der Waals surface area contributed by atoms with Gasteiger partial charge >= 0.3 is 0 Å². The first-order chi connectivity index (χ1) is 6.26. The van der Waals surface area contributed by atoms with Crippen LogP contribution in [-0.4, -0.2) is 7.11 Å². The van der Waals surface area contributed by atoms with Crippen LogP contribution in [-0.2, 0) is 6.42 Å². The summed E-state index contributed by atoms with van der Waals surface area (Å²) in [4.78, 5) is 0. The van der Waals surface area contributed by atoms with Crippen LogP contribution in [0.2, 0.25) is 0 Å². The van der Waals surface area contributed by atoms with E-state index >= 15 is 0 Å². The first-order valence-electron chi connectivity index (χ1n) is 4.35. The SMILES string of the molecule is C#C[C@@H](C)Cc1ccc(OC)cc1. The van der Waals surface area contributed by atoms with E-state index in [0.717, 1.165) is 12.2 Å². The third-order valence-corrected chi connectivity index (χ3v) is 1.99. The van der Waals surface area contributed by atoms with Crippen molar-refractivity contribution in [2.75, 3.05) is 7.11 Å². The van der Waals surface area contributed by atoms with Crippen LogP contribution in [0.1, 0.15) is 12.5 Å². The van der Waals surface area contributed by atoms with E-state index < -0.39 is 0 Å². The molecule has 0 bridgehead atoms. The van der Waals surface area contributed by atoms with Gasteiger partial charge in [-0.1, -0.05) is 19.1 Å². The summed E-state index contributed by atoms with van der Waals surface area (Å²) in [6, 6.07) is 8.01. The second kappa shape index (κ2) is 4.57. The van der Waals surface area contributed by atoms with Crippen LogP contribution in [0, 0.1) is 18.3 Å². The first-order valence-corrected chi connectivity index (χ1v) is 4.35. The maximum atomic E-state index is 5.30. The molecular weight excluding hydrogens is 160 g/mol. The molecule has 68 valence electrons. The molecule has 0 fully saturated rings. The lowest BCUT2D eigenvalue weighted by Gasteiger charge is -2.05. The monoisotopic (exact) mass is 174 g/mol. The number of benzene rings is 1. The maximum absolute atomic E-state index is 5.30. The van der Waals surface area contributed by atoms with Gasteiger partial charge in [-0.3, -0.25) is 0 Å². The van der Waals surface area contributed by atoms with Crippen LogP contribution >= 0.6 is 0 Å². The minimum absolute atomic E-state index is 0.299. The third-order valence-electron chi connectivity index (χ3n) is 1.99. The van der Waals surface area contributed by atoms with E-state index in [0.29, 0.717) is 5.92 Å². The third kappa shape index (κ3) is 2.83. The Balaban J connectivity index is 2.65. The van der Waals surface area contributed by atoms with Gasteiger partial charge in [-0.2, -0.15) is 0 Å². The number of hydrogen-bond donors (Lipinski definition) is 0. The van der Waals surface area contributed by atoms with Crippen LogP contribution < -0.4 is 4.74 Å². The average Bonchev–Trinajstić information content (AvgIpc) is 2.19. The van der Waals surface area contributed by atoms with Crippen LogP contribution in [0.3, 0.4) is 0 Å². The van der Waals surface area contributed by atoms with Crippen LogP contribution in [0.4, 0.5) is 0 Å². The molecule has 0 amide bonds. The molecule has 0 unspecified atom stereocenters. The van der Waals surface area contributed by atoms with E-state index in [2.05, 4.69) is 5.92 Å². The maximum Gasteiger partial charge on any atom is 0.118 e. The summed E-state index contributed by atoms with van der Waals surface area (Å²) in [7, 11) is 1.67. The summed E-state index contributed by atoms with van der Waals surface area (Å²) in [6.07, 6.45) is 6.23. The van der Waals surface area contributed by atoms with E-state index in [9.17, 15) is 0 Å². The van der Waals surface area contributed by atoms with Gasteiger partial charge < -0.3 is 4.74 Å². The smallest absolute Gasteiger partial charge is 0.118 e. The molecule has 0 aliphatic carbocycles. The number of rotatable bonds is 3. The first kappa shape index (κ1) is 9.67.